The van der Waals surface area contributed by atoms with E-state index in [9.17, 15) is 14.7 Å². The maximum absolute atomic E-state index is 13.9. The van der Waals surface area contributed by atoms with Gasteiger partial charge in [-0.2, -0.15) is 0 Å². The number of fused-ring (bicyclic) bond motifs is 1. The van der Waals surface area contributed by atoms with Gasteiger partial charge >= 0.3 is 5.69 Å². The number of aromatic nitrogens is 2. The highest BCUT2D eigenvalue weighted by Crippen LogP contribution is 2.51. The van der Waals surface area contributed by atoms with Crippen molar-refractivity contribution in [3.8, 4) is 0 Å². The van der Waals surface area contributed by atoms with E-state index in [1.807, 2.05) is 91.0 Å². The van der Waals surface area contributed by atoms with Crippen molar-refractivity contribution in [2.24, 2.45) is 0 Å². The first kappa shape index (κ1) is 31.1. The predicted octanol–water partition coefficient (Wildman–Crippen LogP) is 3.71. The summed E-state index contributed by atoms with van der Waals surface area (Å²) in [5.74, 6) is 0. The molecule has 10 heteroatoms. The van der Waals surface area contributed by atoms with E-state index in [1.54, 1.807) is 6.92 Å². The van der Waals surface area contributed by atoms with Crippen LogP contribution in [0.3, 0.4) is 0 Å². The normalized spacial score (nSPS) is 24.4. The van der Waals surface area contributed by atoms with Crippen molar-refractivity contribution in [2.45, 2.75) is 63.4 Å². The van der Waals surface area contributed by atoms with Gasteiger partial charge in [0.15, 0.2) is 6.23 Å². The molecule has 0 radical (unpaired) electrons. The van der Waals surface area contributed by atoms with Gasteiger partial charge in [0.25, 0.3) is 5.56 Å². The summed E-state index contributed by atoms with van der Waals surface area (Å²) in [5, 5.41) is 12.1. The van der Waals surface area contributed by atoms with E-state index in [0.29, 0.717) is 25.2 Å². The maximum Gasteiger partial charge on any atom is 0.335 e. The summed E-state index contributed by atoms with van der Waals surface area (Å²) >= 11 is 0. The molecule has 0 aliphatic carbocycles. The highest BCUT2D eigenvalue weighted by Gasteiger charge is 2.69. The van der Waals surface area contributed by atoms with Crippen LogP contribution in [0, 0.1) is 6.92 Å². The molecule has 4 atom stereocenters. The van der Waals surface area contributed by atoms with Crippen LogP contribution >= 0.6 is 0 Å². The number of aliphatic hydroxyl groups excluding tert-OH is 1. The summed E-state index contributed by atoms with van der Waals surface area (Å²) in [5.41, 5.74) is -0.566. The lowest BCUT2D eigenvalue weighted by atomic mass is 9.77. The molecule has 3 aromatic carbocycles. The predicted molar refractivity (Wildman–Crippen MR) is 165 cm³/mol. The summed E-state index contributed by atoms with van der Waals surface area (Å²) in [6.45, 7) is 2.53. The van der Waals surface area contributed by atoms with Gasteiger partial charge in [-0.3, -0.25) is 9.36 Å². The van der Waals surface area contributed by atoms with Crippen molar-refractivity contribution in [3.63, 3.8) is 0 Å². The molecule has 3 heterocycles. The third-order valence-corrected chi connectivity index (χ3v) is 8.58. The summed E-state index contributed by atoms with van der Waals surface area (Å²) in [6, 6.07) is 28.9. The summed E-state index contributed by atoms with van der Waals surface area (Å²) in [6.07, 6.45) is -0.748. The van der Waals surface area contributed by atoms with Gasteiger partial charge in [0, 0.05) is 24.8 Å². The number of ether oxygens (including phenoxy) is 5. The van der Waals surface area contributed by atoms with Gasteiger partial charge in [-0.05, 0) is 23.6 Å². The third kappa shape index (κ3) is 6.30. The van der Waals surface area contributed by atoms with Crippen molar-refractivity contribution in [2.75, 3.05) is 19.8 Å². The first-order chi connectivity index (χ1) is 21.9. The monoisotopic (exact) mass is 614 g/mol. The molecule has 2 aliphatic heterocycles. The Kier molecular flexibility index (Phi) is 9.41. The van der Waals surface area contributed by atoms with Crippen LogP contribution in [-0.2, 0) is 50.2 Å². The number of hydrogen-bond donors (Lipinski definition) is 1. The van der Waals surface area contributed by atoms with Crippen LogP contribution in [0.4, 0.5) is 0 Å². The Hall–Kier alpha value is -3.90. The molecular weight excluding hydrogens is 576 g/mol. The fourth-order valence-electron chi connectivity index (χ4n) is 6.16. The first-order valence-corrected chi connectivity index (χ1v) is 15.1. The lowest BCUT2D eigenvalue weighted by molar-refractivity contribution is -0.255. The molecule has 0 saturated carbocycles. The summed E-state index contributed by atoms with van der Waals surface area (Å²) in [7, 11) is 0. The number of rotatable bonds is 12. The molecule has 10 nitrogen and oxygen atoms in total. The summed E-state index contributed by atoms with van der Waals surface area (Å²) < 4.78 is 33.5. The van der Waals surface area contributed by atoms with E-state index >= 15 is 0 Å². The maximum atomic E-state index is 13.9. The standard InChI is InChI=1S/C35H38N2O8/c1-26-19-36(33(40)37(31(26)39)25-43-21-28-13-7-3-8-14-28)32-30(38)35(44-22-29-15-9-4-10-16-29)17-18-41-23-34(35,45-32)24-42-20-27-11-5-2-6-12-27/h2-16,19,30,32,38H,17-18,20-25H2,1H3/t30?,32-,34?,35?/m1/s1. The zero-order valence-corrected chi connectivity index (χ0v) is 25.2. The fraction of sp³-hybridized carbons (Fsp3) is 0.371. The molecule has 0 bridgehead atoms. The van der Waals surface area contributed by atoms with Gasteiger partial charge in [-0.1, -0.05) is 91.0 Å². The molecule has 6 rings (SSSR count). The van der Waals surface area contributed by atoms with Crippen molar-refractivity contribution < 1.29 is 28.8 Å². The first-order valence-electron chi connectivity index (χ1n) is 15.1. The van der Waals surface area contributed by atoms with E-state index in [-0.39, 0.29) is 33.2 Å². The van der Waals surface area contributed by atoms with Crippen LogP contribution in [0.1, 0.15) is 34.9 Å². The van der Waals surface area contributed by atoms with Gasteiger partial charge in [-0.25, -0.2) is 9.36 Å². The van der Waals surface area contributed by atoms with E-state index in [2.05, 4.69) is 0 Å². The quantitative estimate of drug-likeness (QED) is 0.257. The van der Waals surface area contributed by atoms with E-state index in [4.69, 9.17) is 23.7 Å². The van der Waals surface area contributed by atoms with Crippen LogP contribution in [0.2, 0.25) is 0 Å². The Morgan fingerprint density at radius 3 is 2.04 bits per heavy atom. The fourth-order valence-corrected chi connectivity index (χ4v) is 6.16. The minimum atomic E-state index is -1.29. The molecule has 2 aliphatic rings. The van der Waals surface area contributed by atoms with Gasteiger partial charge in [0.05, 0.1) is 33.0 Å². The van der Waals surface area contributed by atoms with Crippen molar-refractivity contribution in [1.29, 1.82) is 0 Å². The lowest BCUT2D eigenvalue weighted by Gasteiger charge is -2.47. The number of aliphatic hydroxyl groups is 1. The second-order valence-electron chi connectivity index (χ2n) is 11.6. The second kappa shape index (κ2) is 13.6. The highest BCUT2D eigenvalue weighted by atomic mass is 16.6. The zero-order chi connectivity index (χ0) is 31.3. The highest BCUT2D eigenvalue weighted by molar-refractivity contribution is 5.19. The van der Waals surface area contributed by atoms with Crippen LogP contribution < -0.4 is 11.2 Å². The van der Waals surface area contributed by atoms with Crippen LogP contribution in [0.5, 0.6) is 0 Å². The Morgan fingerprint density at radius 2 is 1.42 bits per heavy atom. The van der Waals surface area contributed by atoms with Gasteiger partial charge < -0.3 is 28.8 Å². The largest absolute Gasteiger partial charge is 0.385 e. The van der Waals surface area contributed by atoms with Crippen molar-refractivity contribution in [1.82, 2.24) is 9.13 Å². The SMILES string of the molecule is Cc1cn([C@@H]2OC3(COCc4ccccc4)COCCC3(OCc3ccccc3)C2O)c(=O)n(COCc2ccccc2)c1=O. The minimum absolute atomic E-state index is 0.0395. The Balaban J connectivity index is 1.32. The number of aryl methyl sites for hydroxylation is 1. The Bertz CT molecular complexity index is 1680. The molecule has 0 amide bonds. The second-order valence-corrected chi connectivity index (χ2v) is 11.6. The van der Waals surface area contributed by atoms with Crippen LogP contribution in [0.15, 0.2) is 107 Å². The molecular formula is C35H38N2O8. The molecule has 4 aromatic rings. The molecule has 1 N–H and O–H groups in total. The number of benzene rings is 3. The van der Waals surface area contributed by atoms with Gasteiger partial charge in [0.1, 0.15) is 24.0 Å². The van der Waals surface area contributed by atoms with E-state index in [0.717, 1.165) is 21.3 Å². The topological polar surface area (TPSA) is 110 Å². The van der Waals surface area contributed by atoms with Crippen LogP contribution in [0.25, 0.3) is 0 Å². The molecule has 2 saturated heterocycles. The molecule has 45 heavy (non-hydrogen) atoms. The molecule has 236 valence electrons. The van der Waals surface area contributed by atoms with E-state index in [1.165, 1.54) is 10.8 Å². The van der Waals surface area contributed by atoms with E-state index < -0.39 is 34.8 Å². The van der Waals surface area contributed by atoms with Crippen LogP contribution in [-0.4, -0.2) is 51.4 Å². The smallest absolute Gasteiger partial charge is 0.335 e. The summed E-state index contributed by atoms with van der Waals surface area (Å²) in [4.78, 5) is 27.0. The number of nitrogens with zero attached hydrogens (tertiary/aromatic N) is 2. The average molecular weight is 615 g/mol. The number of hydrogen-bond acceptors (Lipinski definition) is 8. The minimum Gasteiger partial charge on any atom is -0.385 e. The zero-order valence-electron chi connectivity index (χ0n) is 25.2. The van der Waals surface area contributed by atoms with Crippen molar-refractivity contribution in [3.05, 3.63) is 140 Å². The molecule has 2 fully saturated rings. The Labute approximate surface area is 261 Å². The Morgan fingerprint density at radius 1 is 0.844 bits per heavy atom. The molecule has 1 aromatic heterocycles. The molecule has 0 spiro atoms. The van der Waals surface area contributed by atoms with Crippen molar-refractivity contribution >= 4 is 0 Å². The molecule has 3 unspecified atom stereocenters. The van der Waals surface area contributed by atoms with Gasteiger partial charge in [-0.15, -0.1) is 0 Å². The van der Waals surface area contributed by atoms with Gasteiger partial charge in [0.2, 0.25) is 0 Å². The average Bonchev–Trinajstić information content (AvgIpc) is 3.33. The lowest BCUT2D eigenvalue weighted by Crippen LogP contribution is -2.65. The third-order valence-electron chi connectivity index (χ3n) is 8.58.